The molecule has 6 heteroatoms. The first-order chi connectivity index (χ1) is 11.6. The minimum Gasteiger partial charge on any atom is -0.465 e. The van der Waals surface area contributed by atoms with Gasteiger partial charge in [0.05, 0.1) is 17.3 Å². The summed E-state index contributed by atoms with van der Waals surface area (Å²) < 4.78 is 30.2. The highest BCUT2D eigenvalue weighted by molar-refractivity contribution is 7.91. The Morgan fingerprint density at radius 3 is 2.62 bits per heavy atom. The van der Waals surface area contributed by atoms with Crippen molar-refractivity contribution in [2.45, 2.75) is 11.7 Å². The predicted octanol–water partition coefficient (Wildman–Crippen LogP) is 2.68. The molecule has 1 aliphatic heterocycles. The Kier molecular flexibility index (Phi) is 4.85. The first kappa shape index (κ1) is 16.5. The zero-order chi connectivity index (χ0) is 17.0. The molecule has 0 aliphatic carbocycles. The number of amides is 1. The highest BCUT2D eigenvalue weighted by Crippen LogP contribution is 2.29. The Labute approximate surface area is 141 Å². The second-order valence-electron chi connectivity index (χ2n) is 5.73. The van der Waals surface area contributed by atoms with Crippen LogP contribution in [0.4, 0.5) is 0 Å². The normalized spacial score (nSPS) is 20.8. The summed E-state index contributed by atoms with van der Waals surface area (Å²) in [5.41, 5.74) is 0.790. The maximum Gasteiger partial charge on any atom is 0.246 e. The maximum atomic E-state index is 12.5. The highest BCUT2D eigenvalue weighted by Gasteiger charge is 2.32. The van der Waals surface area contributed by atoms with Crippen LogP contribution in [-0.2, 0) is 14.6 Å². The third kappa shape index (κ3) is 3.76. The molecule has 1 atom stereocenters. The molecular weight excluding hydrogens is 326 g/mol. The molecule has 2 aromatic rings. The second-order valence-corrected chi connectivity index (χ2v) is 8.03. The van der Waals surface area contributed by atoms with Gasteiger partial charge >= 0.3 is 0 Å². The van der Waals surface area contributed by atoms with Gasteiger partial charge in [0.2, 0.25) is 5.91 Å². The molecule has 1 aromatic carbocycles. The lowest BCUT2D eigenvalue weighted by atomic mass is 10.1. The van der Waals surface area contributed by atoms with Gasteiger partial charge in [0.15, 0.2) is 9.84 Å². The van der Waals surface area contributed by atoms with Gasteiger partial charge in [-0.3, -0.25) is 4.79 Å². The van der Waals surface area contributed by atoms with Gasteiger partial charge in [-0.25, -0.2) is 8.42 Å². The Hall–Kier alpha value is -2.34. The number of carbonyl (C=O) groups excluding carboxylic acids is 1. The van der Waals surface area contributed by atoms with Crippen molar-refractivity contribution in [1.82, 2.24) is 4.90 Å². The van der Waals surface area contributed by atoms with Crippen LogP contribution in [0.3, 0.4) is 0 Å². The quantitative estimate of drug-likeness (QED) is 0.802. The van der Waals surface area contributed by atoms with Gasteiger partial charge < -0.3 is 9.32 Å². The number of benzene rings is 1. The summed E-state index contributed by atoms with van der Waals surface area (Å²) >= 11 is 0. The van der Waals surface area contributed by atoms with E-state index in [-0.39, 0.29) is 18.2 Å². The van der Waals surface area contributed by atoms with E-state index in [1.165, 1.54) is 12.3 Å². The average molecular weight is 345 g/mol. The van der Waals surface area contributed by atoms with E-state index in [1.807, 2.05) is 30.3 Å². The van der Waals surface area contributed by atoms with Gasteiger partial charge in [0, 0.05) is 19.2 Å². The van der Waals surface area contributed by atoms with Gasteiger partial charge in [-0.05, 0) is 30.2 Å². The monoisotopic (exact) mass is 345 g/mol. The summed E-state index contributed by atoms with van der Waals surface area (Å²) in [7, 11) is -3.27. The first-order valence-electron chi connectivity index (χ1n) is 7.83. The summed E-state index contributed by atoms with van der Waals surface area (Å²) in [6.45, 7) is 0.632. The molecule has 1 aliphatic rings. The number of hydrogen-bond acceptors (Lipinski definition) is 4. The van der Waals surface area contributed by atoms with E-state index in [1.54, 1.807) is 23.1 Å². The maximum absolute atomic E-state index is 12.5. The Morgan fingerprint density at radius 2 is 1.92 bits per heavy atom. The minimum atomic E-state index is -3.27. The summed E-state index contributed by atoms with van der Waals surface area (Å²) in [4.78, 5) is 13.9. The fourth-order valence-corrected chi connectivity index (χ4v) is 4.65. The van der Waals surface area contributed by atoms with E-state index in [0.717, 1.165) is 5.56 Å². The number of furan rings is 1. The zero-order valence-corrected chi connectivity index (χ0v) is 14.0. The Morgan fingerprint density at radius 1 is 1.12 bits per heavy atom. The number of sulfone groups is 1. The van der Waals surface area contributed by atoms with Crippen LogP contribution in [0.25, 0.3) is 6.08 Å². The average Bonchev–Trinajstić information content (AvgIpc) is 3.04. The SMILES string of the molecule is O=C(C=Cc1ccco1)N1CCC(c2ccccc2)S(=O)(=O)CC1. The van der Waals surface area contributed by atoms with Crippen molar-refractivity contribution in [1.29, 1.82) is 0 Å². The van der Waals surface area contributed by atoms with Crippen molar-refractivity contribution in [2.24, 2.45) is 0 Å². The Balaban J connectivity index is 1.73. The van der Waals surface area contributed by atoms with Gasteiger partial charge in [-0.2, -0.15) is 0 Å². The van der Waals surface area contributed by atoms with Gasteiger partial charge in [-0.15, -0.1) is 0 Å². The van der Waals surface area contributed by atoms with Crippen molar-refractivity contribution in [2.75, 3.05) is 18.8 Å². The topological polar surface area (TPSA) is 67.6 Å². The number of carbonyl (C=O) groups is 1. The van der Waals surface area contributed by atoms with Gasteiger partial charge in [0.1, 0.15) is 5.76 Å². The van der Waals surface area contributed by atoms with Crippen molar-refractivity contribution in [3.63, 3.8) is 0 Å². The van der Waals surface area contributed by atoms with Crippen LogP contribution >= 0.6 is 0 Å². The molecule has 5 nitrogen and oxygen atoms in total. The van der Waals surface area contributed by atoms with E-state index in [4.69, 9.17) is 4.42 Å². The summed E-state index contributed by atoms with van der Waals surface area (Å²) in [5.74, 6) is 0.371. The van der Waals surface area contributed by atoms with E-state index in [2.05, 4.69) is 0 Å². The summed E-state index contributed by atoms with van der Waals surface area (Å²) in [6.07, 6.45) is 4.96. The minimum absolute atomic E-state index is 0.0209. The van der Waals surface area contributed by atoms with E-state index >= 15 is 0 Å². The van der Waals surface area contributed by atoms with Crippen LogP contribution in [0.1, 0.15) is 23.0 Å². The van der Waals surface area contributed by atoms with Gasteiger partial charge in [0.25, 0.3) is 0 Å². The second kappa shape index (κ2) is 7.05. The van der Waals surface area contributed by atoms with Crippen LogP contribution in [-0.4, -0.2) is 38.1 Å². The Bertz CT molecular complexity index is 810. The molecule has 24 heavy (non-hydrogen) atoms. The molecule has 0 bridgehead atoms. The fraction of sp³-hybridized carbons (Fsp3) is 0.278. The predicted molar refractivity (Wildman–Crippen MR) is 91.9 cm³/mol. The standard InChI is InChI=1S/C18H19NO4S/c20-18(9-8-16-7-4-13-23-16)19-11-10-17(24(21,22)14-12-19)15-5-2-1-3-6-15/h1-9,13,17H,10-12,14H2. The molecule has 3 rings (SSSR count). The number of hydrogen-bond donors (Lipinski definition) is 0. The molecule has 2 heterocycles. The molecule has 0 radical (unpaired) electrons. The lowest BCUT2D eigenvalue weighted by Gasteiger charge is -2.18. The lowest BCUT2D eigenvalue weighted by Crippen LogP contribution is -2.32. The molecule has 1 aromatic heterocycles. The molecule has 1 unspecified atom stereocenters. The van der Waals surface area contributed by atoms with Crippen LogP contribution < -0.4 is 0 Å². The fourth-order valence-electron chi connectivity index (χ4n) is 2.85. The molecule has 1 amide bonds. The number of nitrogens with zero attached hydrogens (tertiary/aromatic N) is 1. The third-order valence-electron chi connectivity index (χ3n) is 4.16. The van der Waals surface area contributed by atoms with Crippen LogP contribution in [0.15, 0.2) is 59.2 Å². The highest BCUT2D eigenvalue weighted by atomic mass is 32.2. The van der Waals surface area contributed by atoms with E-state index in [0.29, 0.717) is 18.7 Å². The molecule has 0 N–H and O–H groups in total. The molecule has 1 saturated heterocycles. The molecule has 126 valence electrons. The van der Waals surface area contributed by atoms with E-state index in [9.17, 15) is 13.2 Å². The van der Waals surface area contributed by atoms with Gasteiger partial charge in [-0.1, -0.05) is 30.3 Å². The van der Waals surface area contributed by atoms with Crippen LogP contribution in [0.5, 0.6) is 0 Å². The smallest absolute Gasteiger partial charge is 0.246 e. The van der Waals surface area contributed by atoms with Crippen molar-refractivity contribution in [3.05, 3.63) is 66.1 Å². The summed E-state index contributed by atoms with van der Waals surface area (Å²) in [6, 6.07) is 12.7. The third-order valence-corrected chi connectivity index (χ3v) is 6.28. The first-order valence-corrected chi connectivity index (χ1v) is 9.55. The van der Waals surface area contributed by atoms with Crippen molar-refractivity contribution >= 4 is 21.8 Å². The number of rotatable bonds is 3. The molecule has 0 spiro atoms. The molecule has 0 saturated carbocycles. The van der Waals surface area contributed by atoms with Crippen LogP contribution in [0.2, 0.25) is 0 Å². The summed E-state index contributed by atoms with van der Waals surface area (Å²) in [5, 5.41) is -0.550. The van der Waals surface area contributed by atoms with Crippen molar-refractivity contribution < 1.29 is 17.6 Å². The molecule has 1 fully saturated rings. The molecular formula is C18H19NO4S. The largest absolute Gasteiger partial charge is 0.465 e. The lowest BCUT2D eigenvalue weighted by molar-refractivity contribution is -0.125. The van der Waals surface area contributed by atoms with Crippen molar-refractivity contribution in [3.8, 4) is 0 Å². The zero-order valence-electron chi connectivity index (χ0n) is 13.2. The van der Waals surface area contributed by atoms with Crippen LogP contribution in [0, 0.1) is 0 Å². The van der Waals surface area contributed by atoms with E-state index < -0.39 is 15.1 Å².